The molecule has 14 heavy (non-hydrogen) atoms. The van der Waals surface area contributed by atoms with E-state index < -0.39 is 0 Å². The molecule has 1 aromatic heterocycles. The molecule has 0 bridgehead atoms. The van der Waals surface area contributed by atoms with Crippen LogP contribution in [-0.4, -0.2) is 9.97 Å². The van der Waals surface area contributed by atoms with Crippen LogP contribution in [0.4, 0.5) is 0 Å². The van der Waals surface area contributed by atoms with Gasteiger partial charge in [-0.1, -0.05) is 41.5 Å². The van der Waals surface area contributed by atoms with E-state index in [0.29, 0.717) is 0 Å². The number of hydrogen-bond acceptors (Lipinski definition) is 2. The number of rotatable bonds is 0. The van der Waals surface area contributed by atoms with Crippen LogP contribution in [0.2, 0.25) is 0 Å². The molecular weight excluding hydrogens is 172 g/mol. The maximum atomic E-state index is 4.06. The Morgan fingerprint density at radius 2 is 1.29 bits per heavy atom. The smallest absolute Gasteiger partial charge is 0.125 e. The van der Waals surface area contributed by atoms with E-state index in [1.54, 1.807) is 6.20 Å². The first-order valence-electron chi connectivity index (χ1n) is 5.55. The lowest BCUT2D eigenvalue weighted by Crippen LogP contribution is -1.86. The summed E-state index contributed by atoms with van der Waals surface area (Å²) in [6, 6.07) is 1.88. The molecule has 0 unspecified atom stereocenters. The zero-order valence-corrected chi connectivity index (χ0v) is 11.0. The predicted octanol–water partition coefficient (Wildman–Crippen LogP) is 4.17. The Morgan fingerprint density at radius 3 is 1.50 bits per heavy atom. The Kier molecular flexibility index (Phi) is 24.1. The van der Waals surface area contributed by atoms with Crippen molar-refractivity contribution in [3.05, 3.63) is 23.8 Å². The van der Waals surface area contributed by atoms with Crippen molar-refractivity contribution >= 4 is 0 Å². The Balaban J connectivity index is -0.000000174. The second-order valence-electron chi connectivity index (χ2n) is 1.75. The standard InChI is InChI=1S/C6H8N2.3C2H6/c1-5-3-4-7-6(2)8-5;3*1-2/h3-4H,1-2H3;3*1-2H3. The fourth-order valence-electron chi connectivity index (χ4n) is 0.574. The predicted molar refractivity (Wildman–Crippen MR) is 65.6 cm³/mol. The molecule has 1 rings (SSSR count). The fourth-order valence-corrected chi connectivity index (χ4v) is 0.574. The lowest BCUT2D eigenvalue weighted by atomic mass is 10.4. The molecule has 0 atom stereocenters. The molecule has 1 aromatic rings. The van der Waals surface area contributed by atoms with E-state index in [4.69, 9.17) is 0 Å². The first-order chi connectivity index (χ1) is 6.79. The van der Waals surface area contributed by atoms with Crippen molar-refractivity contribution in [3.63, 3.8) is 0 Å². The second kappa shape index (κ2) is 18.0. The SMILES string of the molecule is CC.CC.CC.Cc1ccnc(C)n1. The average Bonchev–Trinajstić information content (AvgIpc) is 2.26. The van der Waals surface area contributed by atoms with E-state index in [9.17, 15) is 0 Å². The van der Waals surface area contributed by atoms with Crippen molar-refractivity contribution < 1.29 is 0 Å². The molecule has 0 aromatic carbocycles. The fraction of sp³-hybridized carbons (Fsp3) is 0.667. The summed E-state index contributed by atoms with van der Waals surface area (Å²) in [5.74, 6) is 0.838. The Labute approximate surface area is 89.8 Å². The summed E-state index contributed by atoms with van der Waals surface area (Å²) >= 11 is 0. The van der Waals surface area contributed by atoms with Gasteiger partial charge in [-0.05, 0) is 19.9 Å². The normalized spacial score (nSPS) is 6.57. The minimum absolute atomic E-state index is 0.838. The van der Waals surface area contributed by atoms with Gasteiger partial charge in [-0.3, -0.25) is 0 Å². The van der Waals surface area contributed by atoms with E-state index in [2.05, 4.69) is 9.97 Å². The zero-order valence-electron chi connectivity index (χ0n) is 11.0. The van der Waals surface area contributed by atoms with E-state index in [0.717, 1.165) is 11.5 Å². The van der Waals surface area contributed by atoms with Crippen LogP contribution in [0.25, 0.3) is 0 Å². The number of aromatic nitrogens is 2. The van der Waals surface area contributed by atoms with Gasteiger partial charge in [0.2, 0.25) is 0 Å². The number of hydrogen-bond donors (Lipinski definition) is 0. The molecule has 0 saturated carbocycles. The van der Waals surface area contributed by atoms with Crippen molar-refractivity contribution in [3.8, 4) is 0 Å². The van der Waals surface area contributed by atoms with Gasteiger partial charge in [0.25, 0.3) is 0 Å². The van der Waals surface area contributed by atoms with Crippen LogP contribution < -0.4 is 0 Å². The summed E-state index contributed by atoms with van der Waals surface area (Å²) in [4.78, 5) is 7.99. The highest BCUT2D eigenvalue weighted by Gasteiger charge is 1.83. The summed E-state index contributed by atoms with van der Waals surface area (Å²) < 4.78 is 0. The van der Waals surface area contributed by atoms with Gasteiger partial charge in [-0.2, -0.15) is 0 Å². The number of nitrogens with zero attached hydrogens (tertiary/aromatic N) is 2. The molecule has 0 aliphatic carbocycles. The number of aryl methyl sites for hydroxylation is 2. The van der Waals surface area contributed by atoms with Crippen LogP contribution in [0.1, 0.15) is 53.1 Å². The van der Waals surface area contributed by atoms with E-state index in [1.807, 2.05) is 61.5 Å². The summed E-state index contributed by atoms with van der Waals surface area (Å²) in [7, 11) is 0. The van der Waals surface area contributed by atoms with Gasteiger partial charge in [0.05, 0.1) is 0 Å². The minimum atomic E-state index is 0.838. The molecule has 1 heterocycles. The third-order valence-electron chi connectivity index (χ3n) is 0.915. The van der Waals surface area contributed by atoms with Crippen LogP contribution >= 0.6 is 0 Å². The largest absolute Gasteiger partial charge is 0.242 e. The highest BCUT2D eigenvalue weighted by atomic mass is 14.9. The minimum Gasteiger partial charge on any atom is -0.242 e. The van der Waals surface area contributed by atoms with Gasteiger partial charge in [-0.25, -0.2) is 9.97 Å². The Morgan fingerprint density at radius 1 is 0.857 bits per heavy atom. The molecule has 0 aliphatic heterocycles. The average molecular weight is 198 g/mol. The van der Waals surface area contributed by atoms with Crippen LogP contribution in [0.3, 0.4) is 0 Å². The van der Waals surface area contributed by atoms with Gasteiger partial charge in [-0.15, -0.1) is 0 Å². The van der Waals surface area contributed by atoms with Crippen molar-refractivity contribution in [2.75, 3.05) is 0 Å². The summed E-state index contributed by atoms with van der Waals surface area (Å²) in [6.45, 7) is 15.8. The summed E-state index contributed by atoms with van der Waals surface area (Å²) in [5.41, 5.74) is 1.03. The molecular formula is C12H26N2. The molecule has 0 aliphatic rings. The van der Waals surface area contributed by atoms with E-state index >= 15 is 0 Å². The lowest BCUT2D eigenvalue weighted by molar-refractivity contribution is 1.01. The summed E-state index contributed by atoms with van der Waals surface area (Å²) in [5, 5.41) is 0. The van der Waals surface area contributed by atoms with Crippen molar-refractivity contribution in [1.82, 2.24) is 9.97 Å². The molecule has 0 spiro atoms. The van der Waals surface area contributed by atoms with Crippen molar-refractivity contribution in [1.29, 1.82) is 0 Å². The topological polar surface area (TPSA) is 25.8 Å². The van der Waals surface area contributed by atoms with Crippen molar-refractivity contribution in [2.45, 2.75) is 55.4 Å². The van der Waals surface area contributed by atoms with E-state index in [1.165, 1.54) is 0 Å². The van der Waals surface area contributed by atoms with Gasteiger partial charge in [0.1, 0.15) is 5.82 Å². The quantitative estimate of drug-likeness (QED) is 0.625. The van der Waals surface area contributed by atoms with Gasteiger partial charge in [0, 0.05) is 11.9 Å². The zero-order chi connectivity index (χ0) is 12.0. The maximum absolute atomic E-state index is 4.06. The highest BCUT2D eigenvalue weighted by Crippen LogP contribution is 1.88. The molecule has 0 N–H and O–H groups in total. The monoisotopic (exact) mass is 198 g/mol. The molecule has 84 valence electrons. The first kappa shape index (κ1) is 18.8. The third kappa shape index (κ3) is 13.7. The molecule has 0 radical (unpaired) electrons. The van der Waals surface area contributed by atoms with Gasteiger partial charge < -0.3 is 0 Å². The maximum Gasteiger partial charge on any atom is 0.125 e. The van der Waals surface area contributed by atoms with Crippen LogP contribution in [-0.2, 0) is 0 Å². The van der Waals surface area contributed by atoms with Crippen LogP contribution in [0.5, 0.6) is 0 Å². The van der Waals surface area contributed by atoms with Crippen LogP contribution in [0.15, 0.2) is 12.3 Å². The molecule has 0 saturated heterocycles. The second-order valence-corrected chi connectivity index (χ2v) is 1.75. The third-order valence-corrected chi connectivity index (χ3v) is 0.915. The first-order valence-corrected chi connectivity index (χ1v) is 5.55. The van der Waals surface area contributed by atoms with Crippen LogP contribution in [0, 0.1) is 13.8 Å². The molecule has 0 amide bonds. The van der Waals surface area contributed by atoms with Crippen molar-refractivity contribution in [2.24, 2.45) is 0 Å². The Hall–Kier alpha value is -0.920. The van der Waals surface area contributed by atoms with Gasteiger partial charge >= 0.3 is 0 Å². The van der Waals surface area contributed by atoms with Gasteiger partial charge in [0.15, 0.2) is 0 Å². The summed E-state index contributed by atoms with van der Waals surface area (Å²) in [6.07, 6.45) is 1.76. The highest BCUT2D eigenvalue weighted by molar-refractivity contribution is 4.97. The molecule has 2 nitrogen and oxygen atoms in total. The lowest BCUT2D eigenvalue weighted by Gasteiger charge is -1.89. The molecule has 0 fully saturated rings. The molecule has 2 heteroatoms. The van der Waals surface area contributed by atoms with E-state index in [-0.39, 0.29) is 0 Å². The Bertz CT molecular complexity index is 168.